The van der Waals surface area contributed by atoms with Crippen LogP contribution >= 0.6 is 0 Å². The quantitative estimate of drug-likeness (QED) is 0.543. The van der Waals surface area contributed by atoms with Gasteiger partial charge in [-0.25, -0.2) is 5.01 Å². The molecular weight excluding hydrogens is 432 g/mol. The molecule has 0 radical (unpaired) electrons. The third-order valence-electron chi connectivity index (χ3n) is 5.94. The van der Waals surface area contributed by atoms with Crippen LogP contribution in [0, 0.1) is 0 Å². The highest BCUT2D eigenvalue weighted by Gasteiger charge is 2.22. The molecule has 2 amide bonds. The van der Waals surface area contributed by atoms with Crippen LogP contribution in [0.25, 0.3) is 0 Å². The first-order valence-corrected chi connectivity index (χ1v) is 11.7. The fourth-order valence-corrected chi connectivity index (χ4v) is 3.84. The lowest BCUT2D eigenvalue weighted by Crippen LogP contribution is -2.31. The summed E-state index contributed by atoms with van der Waals surface area (Å²) in [5.41, 5.74) is 3.41. The zero-order valence-electron chi connectivity index (χ0n) is 20.5. The van der Waals surface area contributed by atoms with Gasteiger partial charge in [0.25, 0.3) is 0 Å². The van der Waals surface area contributed by atoms with Crippen LogP contribution in [0.3, 0.4) is 0 Å². The molecular formula is C26H34N4O4. The lowest BCUT2D eigenvalue weighted by Gasteiger charge is -2.24. The Bertz CT molecular complexity index is 1020. The lowest BCUT2D eigenvalue weighted by molar-refractivity contribution is -0.132. The molecule has 1 N–H and O–H groups in total. The molecule has 0 bridgehead atoms. The van der Waals surface area contributed by atoms with Gasteiger partial charge in [0.1, 0.15) is 0 Å². The van der Waals surface area contributed by atoms with Crippen molar-refractivity contribution in [3.8, 4) is 11.5 Å². The standard InChI is InChI=1S/C26H34N4O4/c1-5-29(6-2)16-15-25(31)27-21-10-7-19(8-11-21)18-30-26(32)14-12-22(28-30)20-9-13-23(33-3)24(17-20)34-4/h7-11,13,17H,5-6,12,14-16,18H2,1-4H3,(H,27,31). The summed E-state index contributed by atoms with van der Waals surface area (Å²) in [7, 11) is 3.19. The number of methoxy groups -OCH3 is 2. The molecule has 2 aromatic carbocycles. The summed E-state index contributed by atoms with van der Waals surface area (Å²) >= 11 is 0. The number of ether oxygens (including phenoxy) is 2. The number of hydrazone groups is 1. The van der Waals surface area contributed by atoms with Gasteiger partial charge in [0.15, 0.2) is 11.5 Å². The largest absolute Gasteiger partial charge is 0.493 e. The number of anilines is 1. The minimum Gasteiger partial charge on any atom is -0.493 e. The molecule has 34 heavy (non-hydrogen) atoms. The highest BCUT2D eigenvalue weighted by atomic mass is 16.5. The van der Waals surface area contributed by atoms with Crippen LogP contribution < -0.4 is 14.8 Å². The van der Waals surface area contributed by atoms with Crippen LogP contribution in [0.5, 0.6) is 11.5 Å². The van der Waals surface area contributed by atoms with Gasteiger partial charge in [0.2, 0.25) is 11.8 Å². The molecule has 0 fully saturated rings. The molecule has 0 unspecified atom stereocenters. The summed E-state index contributed by atoms with van der Waals surface area (Å²) in [5, 5.41) is 9.06. The predicted molar refractivity (Wildman–Crippen MR) is 133 cm³/mol. The number of benzene rings is 2. The van der Waals surface area contributed by atoms with Crippen LogP contribution in [0.15, 0.2) is 47.6 Å². The molecule has 0 aliphatic carbocycles. The fourth-order valence-electron chi connectivity index (χ4n) is 3.84. The number of nitrogens with one attached hydrogen (secondary N) is 1. The van der Waals surface area contributed by atoms with Gasteiger partial charge in [-0.15, -0.1) is 0 Å². The maximum Gasteiger partial charge on any atom is 0.243 e. The zero-order chi connectivity index (χ0) is 24.5. The van der Waals surface area contributed by atoms with E-state index in [0.717, 1.165) is 42.2 Å². The Morgan fingerprint density at radius 3 is 2.38 bits per heavy atom. The Morgan fingerprint density at radius 1 is 1.03 bits per heavy atom. The van der Waals surface area contributed by atoms with E-state index in [1.54, 1.807) is 14.2 Å². The third kappa shape index (κ3) is 6.57. The number of nitrogens with zero attached hydrogens (tertiary/aromatic N) is 3. The van der Waals surface area contributed by atoms with E-state index < -0.39 is 0 Å². The molecule has 0 saturated heterocycles. The number of hydrogen-bond acceptors (Lipinski definition) is 6. The first kappa shape index (κ1) is 25.2. The van der Waals surface area contributed by atoms with Gasteiger partial charge in [0.05, 0.1) is 26.5 Å². The summed E-state index contributed by atoms with van der Waals surface area (Å²) in [6.07, 6.45) is 1.43. The highest BCUT2D eigenvalue weighted by Crippen LogP contribution is 2.29. The first-order valence-electron chi connectivity index (χ1n) is 11.7. The van der Waals surface area contributed by atoms with E-state index in [4.69, 9.17) is 9.47 Å². The van der Waals surface area contributed by atoms with E-state index in [-0.39, 0.29) is 11.8 Å². The number of hydrogen-bond donors (Lipinski definition) is 1. The van der Waals surface area contributed by atoms with Crippen molar-refractivity contribution in [3.63, 3.8) is 0 Å². The van der Waals surface area contributed by atoms with Crippen molar-refractivity contribution in [2.24, 2.45) is 5.10 Å². The van der Waals surface area contributed by atoms with E-state index in [1.165, 1.54) is 5.01 Å². The fraction of sp³-hybridized carbons (Fsp3) is 0.423. The molecule has 182 valence electrons. The second-order valence-corrected chi connectivity index (χ2v) is 8.09. The number of rotatable bonds is 11. The van der Waals surface area contributed by atoms with Gasteiger partial charge in [0, 0.05) is 37.1 Å². The van der Waals surface area contributed by atoms with Crippen molar-refractivity contribution in [1.82, 2.24) is 9.91 Å². The summed E-state index contributed by atoms with van der Waals surface area (Å²) in [5.74, 6) is 1.25. The average Bonchev–Trinajstić information content (AvgIpc) is 2.86. The predicted octanol–water partition coefficient (Wildman–Crippen LogP) is 3.90. The van der Waals surface area contributed by atoms with Crippen LogP contribution in [-0.4, -0.2) is 61.3 Å². The Kier molecular flexibility index (Phi) is 9.04. The van der Waals surface area contributed by atoms with E-state index >= 15 is 0 Å². The Labute approximate surface area is 201 Å². The first-order chi connectivity index (χ1) is 16.5. The number of carbonyl (C=O) groups excluding carboxylic acids is 2. The molecule has 0 spiro atoms. The zero-order valence-corrected chi connectivity index (χ0v) is 20.5. The van der Waals surface area contributed by atoms with Gasteiger partial charge < -0.3 is 19.7 Å². The smallest absolute Gasteiger partial charge is 0.243 e. The van der Waals surface area contributed by atoms with Crippen molar-refractivity contribution in [2.75, 3.05) is 39.2 Å². The van der Waals surface area contributed by atoms with Crippen LogP contribution in [-0.2, 0) is 16.1 Å². The number of amides is 2. The van der Waals surface area contributed by atoms with Crippen molar-refractivity contribution in [3.05, 3.63) is 53.6 Å². The van der Waals surface area contributed by atoms with E-state index in [0.29, 0.717) is 37.3 Å². The van der Waals surface area contributed by atoms with Crippen molar-refractivity contribution >= 4 is 23.2 Å². The topological polar surface area (TPSA) is 83.5 Å². The van der Waals surface area contributed by atoms with Crippen LogP contribution in [0.1, 0.15) is 44.2 Å². The monoisotopic (exact) mass is 466 g/mol. The average molecular weight is 467 g/mol. The Balaban J connectivity index is 1.64. The summed E-state index contributed by atoms with van der Waals surface area (Å²) in [4.78, 5) is 26.9. The Morgan fingerprint density at radius 2 is 1.74 bits per heavy atom. The highest BCUT2D eigenvalue weighted by molar-refractivity contribution is 6.04. The second kappa shape index (κ2) is 12.2. The molecule has 8 heteroatoms. The van der Waals surface area contributed by atoms with Gasteiger partial charge in [-0.1, -0.05) is 26.0 Å². The normalized spacial score (nSPS) is 13.6. The van der Waals surface area contributed by atoms with Gasteiger partial charge in [-0.3, -0.25) is 9.59 Å². The Hall–Kier alpha value is -3.39. The molecule has 1 aliphatic heterocycles. The molecule has 3 rings (SSSR count). The maximum atomic E-state index is 12.5. The maximum absolute atomic E-state index is 12.5. The van der Waals surface area contributed by atoms with E-state index in [1.807, 2.05) is 42.5 Å². The summed E-state index contributed by atoms with van der Waals surface area (Å²) in [6, 6.07) is 13.2. The molecule has 2 aromatic rings. The van der Waals surface area contributed by atoms with Gasteiger partial charge in [-0.2, -0.15) is 5.10 Å². The van der Waals surface area contributed by atoms with Crippen molar-refractivity contribution in [2.45, 2.75) is 39.7 Å². The molecule has 1 heterocycles. The molecule has 8 nitrogen and oxygen atoms in total. The van der Waals surface area contributed by atoms with Crippen LogP contribution in [0.2, 0.25) is 0 Å². The van der Waals surface area contributed by atoms with Gasteiger partial charge in [-0.05, 0) is 49.0 Å². The van der Waals surface area contributed by atoms with Crippen LogP contribution in [0.4, 0.5) is 5.69 Å². The minimum atomic E-state index is -0.0157. The molecule has 0 atom stereocenters. The number of carbonyl (C=O) groups is 2. The third-order valence-corrected chi connectivity index (χ3v) is 5.94. The second-order valence-electron chi connectivity index (χ2n) is 8.09. The SMILES string of the molecule is CCN(CC)CCC(=O)Nc1ccc(CN2N=C(c3ccc(OC)c(OC)c3)CCC2=O)cc1. The van der Waals surface area contributed by atoms with E-state index in [2.05, 4.69) is 29.2 Å². The summed E-state index contributed by atoms with van der Waals surface area (Å²) < 4.78 is 10.7. The summed E-state index contributed by atoms with van der Waals surface area (Å²) in [6.45, 7) is 7.16. The minimum absolute atomic E-state index is 0.00461. The molecule has 0 saturated carbocycles. The molecule has 0 aromatic heterocycles. The van der Waals surface area contributed by atoms with E-state index in [9.17, 15) is 9.59 Å². The van der Waals surface area contributed by atoms with Gasteiger partial charge >= 0.3 is 0 Å². The van der Waals surface area contributed by atoms with Crippen molar-refractivity contribution in [1.29, 1.82) is 0 Å². The molecule has 1 aliphatic rings. The van der Waals surface area contributed by atoms with Crippen molar-refractivity contribution < 1.29 is 19.1 Å². The lowest BCUT2D eigenvalue weighted by atomic mass is 10.0.